The Bertz CT molecular complexity index is 795. The van der Waals surface area contributed by atoms with Crippen molar-refractivity contribution in [1.29, 1.82) is 0 Å². The lowest BCUT2D eigenvalue weighted by atomic mass is 9.96. The van der Waals surface area contributed by atoms with Gasteiger partial charge in [0.1, 0.15) is 5.60 Å². The number of nitrogens with zero attached hydrogens (tertiary/aromatic N) is 2. The molecule has 1 aliphatic heterocycles. The number of hydrogen-bond acceptors (Lipinski definition) is 3. The topological polar surface area (TPSA) is 59.9 Å². The first-order valence-electron chi connectivity index (χ1n) is 10.7. The van der Waals surface area contributed by atoms with Crippen molar-refractivity contribution in [3.8, 4) is 0 Å². The molecule has 1 aliphatic rings. The summed E-state index contributed by atoms with van der Waals surface area (Å²) < 4.78 is 0. The summed E-state index contributed by atoms with van der Waals surface area (Å²) in [6, 6.07) is 18.5. The number of hydrogen-bond donors (Lipinski definition) is 3. The molecule has 0 spiro atoms. The molecule has 0 bridgehead atoms. The summed E-state index contributed by atoms with van der Waals surface area (Å²) in [4.78, 5) is 7.13. The van der Waals surface area contributed by atoms with Crippen LogP contribution < -0.4 is 10.6 Å². The normalized spacial score (nSPS) is 16.2. The summed E-state index contributed by atoms with van der Waals surface area (Å²) >= 11 is 0. The molecule has 0 radical (unpaired) electrons. The van der Waals surface area contributed by atoms with E-state index in [1.54, 1.807) is 0 Å². The first-order valence-corrected chi connectivity index (χ1v) is 10.7. The van der Waals surface area contributed by atoms with Gasteiger partial charge in [0.2, 0.25) is 0 Å². The van der Waals surface area contributed by atoms with Crippen molar-refractivity contribution < 1.29 is 5.11 Å². The predicted octanol–water partition coefficient (Wildman–Crippen LogP) is 3.52. The summed E-state index contributed by atoms with van der Waals surface area (Å²) in [6.07, 6.45) is 2.20. The number of fused-ring (bicyclic) bond motifs is 1. The molecule has 6 heteroatoms. The number of nitrogens with one attached hydrogen (secondary N) is 2. The highest BCUT2D eigenvalue weighted by molar-refractivity contribution is 14.0. The molecule has 5 nitrogen and oxygen atoms in total. The van der Waals surface area contributed by atoms with Gasteiger partial charge in [-0.15, -0.1) is 24.0 Å². The number of rotatable bonds is 8. The van der Waals surface area contributed by atoms with E-state index in [4.69, 9.17) is 0 Å². The number of halogens is 1. The van der Waals surface area contributed by atoms with Crippen molar-refractivity contribution in [3.05, 3.63) is 71.3 Å². The summed E-state index contributed by atoms with van der Waals surface area (Å²) in [7, 11) is 0. The summed E-state index contributed by atoms with van der Waals surface area (Å²) in [5, 5.41) is 17.4. The zero-order valence-corrected chi connectivity index (χ0v) is 20.4. The second kappa shape index (κ2) is 12.3. The first-order chi connectivity index (χ1) is 14.1. The highest BCUT2D eigenvalue weighted by Gasteiger charge is 2.22. The van der Waals surface area contributed by atoms with E-state index >= 15 is 0 Å². The summed E-state index contributed by atoms with van der Waals surface area (Å²) in [5.74, 6) is 0.757. The maximum atomic E-state index is 10.8. The molecule has 0 saturated carbocycles. The molecule has 30 heavy (non-hydrogen) atoms. The zero-order chi connectivity index (χ0) is 20.5. The average Bonchev–Trinajstić information content (AvgIpc) is 2.75. The molecule has 0 amide bonds. The van der Waals surface area contributed by atoms with E-state index in [0.717, 1.165) is 57.1 Å². The number of guanidine groups is 1. The fraction of sp³-hybridized carbons (Fsp3) is 0.458. The number of aliphatic imine (C=N–C) groups is 1. The molecule has 2 aromatic carbocycles. The van der Waals surface area contributed by atoms with Gasteiger partial charge in [-0.05, 0) is 43.4 Å². The third kappa shape index (κ3) is 7.25. The maximum Gasteiger partial charge on any atom is 0.191 e. The van der Waals surface area contributed by atoms with Crippen molar-refractivity contribution >= 4 is 29.9 Å². The lowest BCUT2D eigenvalue weighted by Crippen LogP contribution is -2.40. The van der Waals surface area contributed by atoms with Crippen LogP contribution in [0, 0.1) is 0 Å². The molecule has 1 unspecified atom stereocenters. The molecule has 2 aromatic rings. The Morgan fingerprint density at radius 3 is 2.50 bits per heavy atom. The lowest BCUT2D eigenvalue weighted by molar-refractivity contribution is 0.0672. The van der Waals surface area contributed by atoms with Gasteiger partial charge in [-0.25, -0.2) is 4.99 Å². The summed E-state index contributed by atoms with van der Waals surface area (Å²) in [5.41, 5.74) is 2.86. The molecule has 3 rings (SSSR count). The second-order valence-corrected chi connectivity index (χ2v) is 7.91. The molecule has 1 heterocycles. The lowest BCUT2D eigenvalue weighted by Gasteiger charge is -2.28. The van der Waals surface area contributed by atoms with Crippen LogP contribution in [0.4, 0.5) is 0 Å². The van der Waals surface area contributed by atoms with E-state index in [1.165, 1.54) is 11.1 Å². The Morgan fingerprint density at radius 2 is 1.77 bits per heavy atom. The van der Waals surface area contributed by atoms with Gasteiger partial charge >= 0.3 is 0 Å². The van der Waals surface area contributed by atoms with Gasteiger partial charge in [-0.3, -0.25) is 4.90 Å². The molecule has 3 N–H and O–H groups in total. The van der Waals surface area contributed by atoms with Crippen LogP contribution in [0.5, 0.6) is 0 Å². The Hall–Kier alpha value is -1.64. The van der Waals surface area contributed by atoms with Gasteiger partial charge in [0.25, 0.3) is 0 Å². The molecular weight excluding hydrogens is 487 g/mol. The average molecular weight is 522 g/mol. The smallest absolute Gasteiger partial charge is 0.191 e. The van der Waals surface area contributed by atoms with Crippen LogP contribution in [-0.2, 0) is 18.6 Å². The molecule has 164 valence electrons. The third-order valence-corrected chi connectivity index (χ3v) is 5.44. The van der Waals surface area contributed by atoms with Crippen LogP contribution in [-0.4, -0.2) is 48.7 Å². The van der Waals surface area contributed by atoms with Crippen LogP contribution in [0.2, 0.25) is 0 Å². The highest BCUT2D eigenvalue weighted by atomic mass is 127. The fourth-order valence-corrected chi connectivity index (χ4v) is 3.72. The summed E-state index contributed by atoms with van der Waals surface area (Å²) in [6.45, 7) is 9.08. The molecule has 1 atom stereocenters. The van der Waals surface area contributed by atoms with Crippen molar-refractivity contribution in [3.63, 3.8) is 0 Å². The molecule has 0 aromatic heterocycles. The maximum absolute atomic E-state index is 10.8. The SMILES string of the molecule is CCNC(=NCC(C)(O)c1ccccc1)NCCCN1CCc2ccccc2C1.I. The fourth-order valence-electron chi connectivity index (χ4n) is 3.72. The third-order valence-electron chi connectivity index (χ3n) is 5.44. The van der Waals surface area contributed by atoms with E-state index in [1.807, 2.05) is 37.3 Å². The van der Waals surface area contributed by atoms with Crippen molar-refractivity contribution in [2.75, 3.05) is 32.7 Å². The van der Waals surface area contributed by atoms with Crippen LogP contribution in [0.25, 0.3) is 0 Å². The van der Waals surface area contributed by atoms with Gasteiger partial charge in [-0.1, -0.05) is 54.6 Å². The van der Waals surface area contributed by atoms with Crippen LogP contribution in [0.3, 0.4) is 0 Å². The van der Waals surface area contributed by atoms with E-state index < -0.39 is 5.60 Å². The number of benzene rings is 2. The van der Waals surface area contributed by atoms with Gasteiger partial charge < -0.3 is 15.7 Å². The molecular formula is C24H35IN4O. The quantitative estimate of drug-likeness (QED) is 0.215. The van der Waals surface area contributed by atoms with E-state index in [9.17, 15) is 5.11 Å². The Kier molecular flexibility index (Phi) is 10.1. The number of aliphatic hydroxyl groups is 1. The first kappa shape index (κ1) is 24.6. The standard InChI is InChI=1S/C24H34N4O.HI/c1-3-25-23(27-19-24(2,29)22-12-5-4-6-13-22)26-15-9-16-28-17-14-20-10-7-8-11-21(20)18-28;/h4-8,10-13,29H,3,9,14-19H2,1-2H3,(H2,25,26,27);1H. The highest BCUT2D eigenvalue weighted by Crippen LogP contribution is 2.20. The zero-order valence-electron chi connectivity index (χ0n) is 18.1. The van der Waals surface area contributed by atoms with E-state index in [0.29, 0.717) is 6.54 Å². The Morgan fingerprint density at radius 1 is 1.07 bits per heavy atom. The minimum absolute atomic E-state index is 0. The van der Waals surface area contributed by atoms with Crippen LogP contribution in [0.15, 0.2) is 59.6 Å². The van der Waals surface area contributed by atoms with Crippen LogP contribution in [0.1, 0.15) is 37.0 Å². The Balaban J connectivity index is 0.00000320. The van der Waals surface area contributed by atoms with E-state index in [2.05, 4.69) is 51.7 Å². The van der Waals surface area contributed by atoms with Gasteiger partial charge in [-0.2, -0.15) is 0 Å². The minimum atomic E-state index is -0.981. The second-order valence-electron chi connectivity index (χ2n) is 7.91. The van der Waals surface area contributed by atoms with Gasteiger partial charge in [0.05, 0.1) is 6.54 Å². The monoisotopic (exact) mass is 522 g/mol. The van der Waals surface area contributed by atoms with E-state index in [-0.39, 0.29) is 24.0 Å². The molecule has 0 fully saturated rings. The predicted molar refractivity (Wildman–Crippen MR) is 135 cm³/mol. The van der Waals surface area contributed by atoms with Gasteiger partial charge in [0, 0.05) is 32.7 Å². The van der Waals surface area contributed by atoms with Crippen molar-refractivity contribution in [2.45, 2.75) is 38.8 Å². The molecule has 0 aliphatic carbocycles. The largest absolute Gasteiger partial charge is 0.384 e. The van der Waals surface area contributed by atoms with Gasteiger partial charge in [0.15, 0.2) is 5.96 Å². The minimum Gasteiger partial charge on any atom is -0.384 e. The Labute approximate surface area is 198 Å². The molecule has 0 saturated heterocycles. The van der Waals surface area contributed by atoms with Crippen LogP contribution >= 0.6 is 24.0 Å². The van der Waals surface area contributed by atoms with Crippen molar-refractivity contribution in [2.24, 2.45) is 4.99 Å². The van der Waals surface area contributed by atoms with Crippen molar-refractivity contribution in [1.82, 2.24) is 15.5 Å².